The maximum Gasteiger partial charge on any atom is 0.171 e. The quantitative estimate of drug-likeness (QED) is 0.164. The van der Waals surface area contributed by atoms with Gasteiger partial charge in [0, 0.05) is 95.8 Å². The lowest BCUT2D eigenvalue weighted by Gasteiger charge is -2.50. The number of hydrogen-bond acceptors (Lipinski definition) is 5. The second kappa shape index (κ2) is 30.4. The second-order valence-corrected chi connectivity index (χ2v) is 44.6. The van der Waals surface area contributed by atoms with Crippen LogP contribution in [-0.4, -0.2) is 13.7 Å². The number of fused-ring (bicyclic) bond motifs is 42. The number of para-hydroxylation sites is 12. The van der Waals surface area contributed by atoms with E-state index in [0.29, 0.717) is 0 Å². The number of aromatic nitrogens is 3. The van der Waals surface area contributed by atoms with Gasteiger partial charge in [0.15, 0.2) is 7.14 Å². The van der Waals surface area contributed by atoms with Gasteiger partial charge in [-0.3, -0.25) is 0 Å². The first-order chi connectivity index (χ1) is 72.5. The van der Waals surface area contributed by atoms with Gasteiger partial charge in [0.05, 0.1) is 66.4 Å². The van der Waals surface area contributed by atoms with Crippen LogP contribution in [0, 0.1) is 0 Å². The minimum Gasteiger partial charge on any atom is -0.456 e. The van der Waals surface area contributed by atoms with Gasteiger partial charge in [-0.25, -0.2) is 0 Å². The third kappa shape index (κ3) is 10.9. The molecule has 6 aromatic heterocycles. The number of rotatable bonds is 4. The Kier molecular flexibility index (Phi) is 17.1. The number of benzene rings is 22. The average molecular weight is 1910 g/mol. The third-order valence-corrected chi connectivity index (χ3v) is 37.9. The van der Waals surface area contributed by atoms with Gasteiger partial charge in [0.25, 0.3) is 0 Å². The van der Waals surface area contributed by atoms with Gasteiger partial charge in [0.1, 0.15) is 33.5 Å². The molecule has 9 heteroatoms. The Morgan fingerprint density at radius 1 is 0.204 bits per heavy atom. The minimum atomic E-state index is -3.39. The highest BCUT2D eigenvalue weighted by Crippen LogP contribution is 2.66. The molecule has 0 radical (unpaired) electrons. The van der Waals surface area contributed by atoms with Crippen molar-refractivity contribution in [1.82, 2.24) is 13.7 Å². The molecule has 0 N–H and O–H groups in total. The molecule has 0 saturated carbocycles. The Balaban J connectivity index is 0.0000000982. The van der Waals surface area contributed by atoms with E-state index in [-0.39, 0.29) is 5.41 Å². The average Bonchev–Trinajstić information content (AvgIpc) is 1.64. The van der Waals surface area contributed by atoms with E-state index >= 15 is 4.57 Å². The molecular formula is C138H86N3O4PS. The Morgan fingerprint density at radius 3 is 0.993 bits per heavy atom. The summed E-state index contributed by atoms with van der Waals surface area (Å²) in [7, 11) is -3.39. The monoisotopic (exact) mass is 1910 g/mol. The summed E-state index contributed by atoms with van der Waals surface area (Å²) < 4.78 is 42.6. The highest BCUT2D eigenvalue weighted by atomic mass is 32.2. The lowest BCUT2D eigenvalue weighted by molar-refractivity contribution is 0.556. The van der Waals surface area contributed by atoms with Crippen molar-refractivity contribution in [2.24, 2.45) is 0 Å². The van der Waals surface area contributed by atoms with Crippen LogP contribution in [0.2, 0.25) is 0 Å². The molecular weight excluding hydrogens is 1830 g/mol. The fourth-order valence-electron chi connectivity index (χ4n) is 27.5. The molecule has 3 spiro atoms. The predicted molar refractivity (Wildman–Crippen MR) is 605 cm³/mol. The Labute approximate surface area is 850 Å². The van der Waals surface area contributed by atoms with E-state index in [9.17, 15) is 0 Å². The maximum atomic E-state index is 16.6. The molecule has 1 aliphatic carbocycles. The second-order valence-electron chi connectivity index (χ2n) is 40.8. The van der Waals surface area contributed by atoms with E-state index in [2.05, 4.69) is 452 Å². The molecule has 4 unspecified atom stereocenters. The number of nitrogens with zero attached hydrogens (tertiary/aromatic N) is 3. The molecule has 7 nitrogen and oxygen atoms in total. The molecule has 5 aliphatic heterocycles. The maximum absolute atomic E-state index is 16.6. The highest BCUT2D eigenvalue weighted by molar-refractivity contribution is 7.99. The molecule has 0 saturated heterocycles. The van der Waals surface area contributed by atoms with Gasteiger partial charge in [-0.1, -0.05) is 396 Å². The molecule has 28 aromatic rings. The van der Waals surface area contributed by atoms with Crippen molar-refractivity contribution in [3.63, 3.8) is 0 Å². The molecule has 4 atom stereocenters. The van der Waals surface area contributed by atoms with Crippen LogP contribution < -0.4 is 15.9 Å². The molecule has 0 fully saturated rings. The first-order valence-electron chi connectivity index (χ1n) is 50.7. The summed E-state index contributed by atoms with van der Waals surface area (Å²) in [5.41, 5.74) is 39.7. The van der Waals surface area contributed by atoms with Crippen molar-refractivity contribution in [2.45, 2.75) is 45.3 Å². The van der Waals surface area contributed by atoms with Gasteiger partial charge < -0.3 is 31.5 Å². The van der Waals surface area contributed by atoms with Crippen LogP contribution >= 0.6 is 18.9 Å². The highest BCUT2D eigenvalue weighted by Gasteiger charge is 2.57. The Bertz CT molecular complexity index is 10700. The zero-order valence-electron chi connectivity index (χ0n) is 80.0. The molecule has 34 rings (SSSR count). The number of hydrogen-bond donors (Lipinski definition) is 0. The first kappa shape index (κ1) is 82.8. The van der Waals surface area contributed by atoms with Crippen LogP contribution in [0.4, 0.5) is 0 Å². The van der Waals surface area contributed by atoms with Gasteiger partial charge >= 0.3 is 0 Å². The zero-order chi connectivity index (χ0) is 96.7. The predicted octanol–water partition coefficient (Wildman–Crippen LogP) is 34.2. The Morgan fingerprint density at radius 2 is 0.510 bits per heavy atom. The first-order valence-corrected chi connectivity index (χ1v) is 53.3. The lowest BCUT2D eigenvalue weighted by Crippen LogP contribution is -2.48. The van der Waals surface area contributed by atoms with Crippen molar-refractivity contribution in [3.8, 4) is 50.4 Å². The zero-order valence-corrected chi connectivity index (χ0v) is 81.7. The van der Waals surface area contributed by atoms with Crippen LogP contribution in [0.15, 0.2) is 508 Å². The van der Waals surface area contributed by atoms with Crippen LogP contribution in [0.3, 0.4) is 0 Å². The van der Waals surface area contributed by atoms with Crippen molar-refractivity contribution in [1.29, 1.82) is 0 Å². The molecule has 0 amide bonds. The fraction of sp³-hybridized carbons (Fsp3) is 0.0435. The molecule has 22 aromatic carbocycles. The van der Waals surface area contributed by atoms with Crippen molar-refractivity contribution in [2.75, 3.05) is 0 Å². The van der Waals surface area contributed by atoms with E-state index in [4.69, 9.17) is 13.3 Å². The topological polar surface area (TPSA) is 71.3 Å². The summed E-state index contributed by atoms with van der Waals surface area (Å²) in [6.45, 7) is 4.81. The van der Waals surface area contributed by atoms with Gasteiger partial charge in [-0.05, 0) is 227 Å². The van der Waals surface area contributed by atoms with E-state index in [1.807, 2.05) is 72.4 Å². The van der Waals surface area contributed by atoms with Gasteiger partial charge in [-0.15, -0.1) is 0 Å². The summed E-state index contributed by atoms with van der Waals surface area (Å²) in [5, 5.41) is 17.0. The summed E-state index contributed by atoms with van der Waals surface area (Å²) in [6, 6.07) is 177. The van der Waals surface area contributed by atoms with Crippen molar-refractivity contribution < 1.29 is 17.8 Å². The van der Waals surface area contributed by atoms with E-state index in [1.165, 1.54) is 176 Å². The van der Waals surface area contributed by atoms with E-state index < -0.39 is 23.4 Å². The van der Waals surface area contributed by atoms with Crippen LogP contribution in [-0.2, 0) is 26.2 Å². The smallest absolute Gasteiger partial charge is 0.171 e. The normalized spacial score (nSPS) is 17.3. The Hall–Kier alpha value is -17.8. The van der Waals surface area contributed by atoms with Crippen molar-refractivity contribution in [3.05, 3.63) is 563 Å². The van der Waals surface area contributed by atoms with Gasteiger partial charge in [-0.2, -0.15) is 0 Å². The molecule has 11 heterocycles. The largest absolute Gasteiger partial charge is 0.456 e. The van der Waals surface area contributed by atoms with E-state index in [0.717, 1.165) is 110 Å². The number of furan rings is 3. The fourth-order valence-corrected chi connectivity index (χ4v) is 32.0. The SMILES string of the molecule is CC1(C)c2ccccc2C2(c3ccccc3-n3c4ccccc4c4cccc2c43)c2ccc(-c3ccc4oc5ccccc5c4c3)cc21.O=P1(c2ccccc2)c2ccccc2C2(c3ccccc3-n3c4ccccc4c4cccc2c43)c2ccc(-c3ccc4oc5ccccc5c4c3)cc21.c1ccc2c(c1)Sc1cc(-c3ccc4oc5ccccc5c4c3)ccc1C21c2ccccc2-n2c3ccccc3c3cccc1c32. The minimum absolute atomic E-state index is 0.216. The van der Waals surface area contributed by atoms with Crippen LogP contribution in [0.25, 0.3) is 182 Å². The van der Waals surface area contributed by atoms with Crippen LogP contribution in [0.5, 0.6) is 0 Å². The van der Waals surface area contributed by atoms with Crippen molar-refractivity contribution >= 4 is 166 Å². The summed E-state index contributed by atoms with van der Waals surface area (Å²) in [5.74, 6) is 0. The van der Waals surface area contributed by atoms with Gasteiger partial charge in [0.2, 0.25) is 0 Å². The molecule has 147 heavy (non-hydrogen) atoms. The summed E-state index contributed by atoms with van der Waals surface area (Å²) in [4.78, 5) is 2.60. The summed E-state index contributed by atoms with van der Waals surface area (Å²) in [6.07, 6.45) is 0. The standard InChI is InChI=1S/C49H30NO2P.C46H31NO.C43H25NOS/c51-53(33-13-2-1-3-14-33)46-24-11-7-19-39(46)49(38-18-6-9-22-43(38)50-42-21-8-4-15-34(42)36-17-12-20-41(49)48(36)50)40-27-25-32(30-47(40)53)31-26-28-45-37(29-31)35-16-5-10-23-44(35)52-45;1-45(2)34-15-5-6-16-35(34)46(36-24-22-29(27-39(36)45)28-23-25-43-33(26-28)31-13-4-10-21-42(31)48-43)37-17-7-9-20-41(37)47-40-19-8-3-12-30(40)32-14-11-18-38(46)44(32)47;1-5-16-36-28(10-1)30-12-9-15-35-42(30)44(36)37-17-6-3-13-32(37)43(35)33-14-4-8-19-40(33)46-41-25-27(20-22-34(41)43)26-21-23-39-31(24-26)29-11-2-7-18-38(29)45-39/h1-30H;3-27H,1-2H3;1-25H. The van der Waals surface area contributed by atoms with Crippen LogP contribution in [0.1, 0.15) is 91.7 Å². The lowest BCUT2D eigenvalue weighted by atomic mass is 9.53. The van der Waals surface area contributed by atoms with E-state index in [1.54, 1.807) is 0 Å². The molecule has 688 valence electrons. The summed E-state index contributed by atoms with van der Waals surface area (Å²) >= 11 is 1.89. The molecule has 0 bridgehead atoms. The molecule has 6 aliphatic rings. The third-order valence-electron chi connectivity index (χ3n) is 33.6.